The number of aromatic hydroxyl groups is 1. The van der Waals surface area contributed by atoms with Gasteiger partial charge in [-0.2, -0.15) is 0 Å². The SMILES string of the molecule is C.Cc1ccc2c(c1C)N(CCNCc1ccc(Cl)c(O)c1Cl)c1ccccc1S2=O. The molecule has 1 aliphatic rings. The molecule has 2 N–H and O–H groups in total. The van der Waals surface area contributed by atoms with Crippen LogP contribution in [0.4, 0.5) is 11.4 Å². The van der Waals surface area contributed by atoms with Crippen LogP contribution in [0, 0.1) is 13.8 Å². The minimum Gasteiger partial charge on any atom is -0.505 e. The van der Waals surface area contributed by atoms with E-state index in [1.54, 1.807) is 12.1 Å². The number of hydrogen-bond donors (Lipinski definition) is 2. The highest BCUT2D eigenvalue weighted by Crippen LogP contribution is 2.44. The molecule has 164 valence electrons. The number of nitrogens with zero attached hydrogens (tertiary/aromatic N) is 1. The van der Waals surface area contributed by atoms with E-state index in [2.05, 4.69) is 24.1 Å². The van der Waals surface area contributed by atoms with Crippen LogP contribution in [-0.4, -0.2) is 22.4 Å². The summed E-state index contributed by atoms with van der Waals surface area (Å²) in [6.45, 7) is 6.03. The Morgan fingerprint density at radius 1 is 1.03 bits per heavy atom. The van der Waals surface area contributed by atoms with Crippen molar-refractivity contribution >= 4 is 45.4 Å². The molecule has 0 saturated carbocycles. The molecule has 4 nitrogen and oxygen atoms in total. The molecule has 0 radical (unpaired) electrons. The second-order valence-corrected chi connectivity index (χ2v) is 9.49. The molecule has 0 aliphatic carbocycles. The van der Waals surface area contributed by atoms with Gasteiger partial charge in [-0.1, -0.05) is 54.9 Å². The van der Waals surface area contributed by atoms with Crippen LogP contribution >= 0.6 is 23.2 Å². The lowest BCUT2D eigenvalue weighted by molar-refractivity contribution is 0.474. The fourth-order valence-corrected chi connectivity index (χ4v) is 5.58. The van der Waals surface area contributed by atoms with Crippen LogP contribution in [0.5, 0.6) is 5.75 Å². The number of rotatable bonds is 5. The Balaban J connectivity index is 0.00000272. The standard InChI is InChI=1S/C23H22Cl2N2O2S.CH4/c1-14-7-10-20-22(15(14)2)27(18-5-3-4-6-19(18)30(20)29)12-11-26-13-16-8-9-17(24)23(28)21(16)25;/h3-10,26,28H,11-13H2,1-2H3;1H4. The molecule has 4 rings (SSSR count). The monoisotopic (exact) mass is 476 g/mol. The lowest BCUT2D eigenvalue weighted by Gasteiger charge is -2.34. The van der Waals surface area contributed by atoms with Crippen LogP contribution in [0.15, 0.2) is 58.3 Å². The molecule has 3 aromatic rings. The number of benzene rings is 3. The van der Waals surface area contributed by atoms with Gasteiger partial charge in [0.1, 0.15) is 0 Å². The minimum absolute atomic E-state index is 0. The van der Waals surface area contributed by atoms with E-state index in [0.717, 1.165) is 32.3 Å². The molecule has 1 unspecified atom stereocenters. The Labute approximate surface area is 196 Å². The number of fused-ring (bicyclic) bond motifs is 2. The van der Waals surface area contributed by atoms with Gasteiger partial charge in [0.2, 0.25) is 0 Å². The first kappa shape index (κ1) is 23.6. The highest BCUT2D eigenvalue weighted by Gasteiger charge is 2.29. The molecule has 0 fully saturated rings. The summed E-state index contributed by atoms with van der Waals surface area (Å²) in [7, 11) is -1.19. The van der Waals surface area contributed by atoms with Crippen LogP contribution in [-0.2, 0) is 17.3 Å². The van der Waals surface area contributed by atoms with Crippen molar-refractivity contribution in [3.63, 3.8) is 0 Å². The molecular weight excluding hydrogens is 451 g/mol. The summed E-state index contributed by atoms with van der Waals surface area (Å²) in [6.07, 6.45) is 0. The van der Waals surface area contributed by atoms with Crippen LogP contribution in [0.1, 0.15) is 24.1 Å². The average Bonchev–Trinajstić information content (AvgIpc) is 2.75. The Morgan fingerprint density at radius 3 is 2.55 bits per heavy atom. The fourth-order valence-electron chi connectivity index (χ4n) is 3.70. The first-order chi connectivity index (χ1) is 14.4. The third-order valence-electron chi connectivity index (χ3n) is 5.46. The van der Waals surface area contributed by atoms with Gasteiger partial charge >= 0.3 is 0 Å². The molecule has 0 aromatic heterocycles. The van der Waals surface area contributed by atoms with Crippen molar-refractivity contribution in [2.45, 2.75) is 37.6 Å². The Hall–Kier alpha value is -2.05. The number of phenolic OH excluding ortho intramolecular Hbond substituents is 1. The van der Waals surface area contributed by atoms with Gasteiger partial charge in [-0.3, -0.25) is 0 Å². The second-order valence-electron chi connectivity index (χ2n) is 7.29. The van der Waals surface area contributed by atoms with E-state index in [1.165, 1.54) is 5.56 Å². The summed E-state index contributed by atoms with van der Waals surface area (Å²) in [5.74, 6) is -0.0925. The maximum atomic E-state index is 13.1. The summed E-state index contributed by atoms with van der Waals surface area (Å²) in [5.41, 5.74) is 5.09. The van der Waals surface area contributed by atoms with Gasteiger partial charge in [0.15, 0.2) is 5.75 Å². The quantitative estimate of drug-likeness (QED) is 0.420. The Morgan fingerprint density at radius 2 is 1.77 bits per heavy atom. The maximum Gasteiger partial charge on any atom is 0.153 e. The van der Waals surface area contributed by atoms with E-state index in [9.17, 15) is 9.32 Å². The maximum absolute atomic E-state index is 13.1. The van der Waals surface area contributed by atoms with E-state index < -0.39 is 10.8 Å². The second kappa shape index (κ2) is 9.61. The van der Waals surface area contributed by atoms with Gasteiger partial charge in [0.05, 0.1) is 42.0 Å². The molecule has 7 heteroatoms. The fraction of sp³-hybridized carbons (Fsp3) is 0.250. The molecule has 1 heterocycles. The van der Waals surface area contributed by atoms with Crippen molar-refractivity contribution < 1.29 is 9.32 Å². The molecule has 1 atom stereocenters. The van der Waals surface area contributed by atoms with Crippen LogP contribution < -0.4 is 10.2 Å². The van der Waals surface area contributed by atoms with E-state index in [-0.39, 0.29) is 23.2 Å². The smallest absolute Gasteiger partial charge is 0.153 e. The van der Waals surface area contributed by atoms with E-state index >= 15 is 0 Å². The minimum atomic E-state index is -1.19. The molecule has 0 spiro atoms. The summed E-state index contributed by atoms with van der Waals surface area (Å²) in [6, 6.07) is 15.3. The van der Waals surface area contributed by atoms with Gasteiger partial charge in [-0.25, -0.2) is 4.21 Å². The highest BCUT2D eigenvalue weighted by atomic mass is 35.5. The van der Waals surface area contributed by atoms with Crippen molar-refractivity contribution in [3.05, 3.63) is 75.3 Å². The van der Waals surface area contributed by atoms with Crippen LogP contribution in [0.3, 0.4) is 0 Å². The summed E-state index contributed by atoms with van der Waals surface area (Å²) in [4.78, 5) is 3.92. The molecule has 0 bridgehead atoms. The molecule has 0 saturated heterocycles. The van der Waals surface area contributed by atoms with Crippen molar-refractivity contribution in [1.82, 2.24) is 5.32 Å². The van der Waals surface area contributed by atoms with Gasteiger partial charge in [0.25, 0.3) is 0 Å². The summed E-state index contributed by atoms with van der Waals surface area (Å²) < 4.78 is 13.1. The van der Waals surface area contributed by atoms with Gasteiger partial charge < -0.3 is 15.3 Å². The average molecular weight is 477 g/mol. The first-order valence-corrected chi connectivity index (χ1v) is 11.6. The zero-order valence-corrected chi connectivity index (χ0v) is 19.0. The molecule has 31 heavy (non-hydrogen) atoms. The third kappa shape index (κ3) is 4.33. The number of nitrogens with one attached hydrogen (secondary N) is 1. The lowest BCUT2D eigenvalue weighted by atomic mass is 10.1. The topological polar surface area (TPSA) is 52.6 Å². The normalized spacial score (nSPS) is 14.6. The van der Waals surface area contributed by atoms with E-state index in [1.807, 2.05) is 36.4 Å². The molecule has 3 aromatic carbocycles. The number of aryl methyl sites for hydroxylation is 1. The summed E-state index contributed by atoms with van der Waals surface area (Å²) in [5, 5.41) is 13.8. The van der Waals surface area contributed by atoms with E-state index in [0.29, 0.717) is 19.6 Å². The Bertz CT molecular complexity index is 1150. The third-order valence-corrected chi connectivity index (χ3v) is 7.67. The van der Waals surface area contributed by atoms with Crippen molar-refractivity contribution in [1.29, 1.82) is 0 Å². The van der Waals surface area contributed by atoms with Crippen LogP contribution in [0.2, 0.25) is 10.0 Å². The van der Waals surface area contributed by atoms with Gasteiger partial charge in [0, 0.05) is 19.6 Å². The predicted molar refractivity (Wildman–Crippen MR) is 131 cm³/mol. The van der Waals surface area contributed by atoms with Gasteiger partial charge in [-0.05, 0) is 54.8 Å². The Kier molecular flexibility index (Phi) is 7.32. The number of phenols is 1. The van der Waals surface area contributed by atoms with Gasteiger partial charge in [-0.15, -0.1) is 0 Å². The number of hydrogen-bond acceptors (Lipinski definition) is 4. The molecular formula is C24H26Cl2N2O2S. The predicted octanol–water partition coefficient (Wildman–Crippen LogP) is 6.36. The van der Waals surface area contributed by atoms with Crippen molar-refractivity contribution in [3.8, 4) is 5.75 Å². The number of anilines is 2. The number of halogens is 2. The van der Waals surface area contributed by atoms with E-state index in [4.69, 9.17) is 23.2 Å². The largest absolute Gasteiger partial charge is 0.505 e. The van der Waals surface area contributed by atoms with Crippen LogP contribution in [0.25, 0.3) is 0 Å². The summed E-state index contributed by atoms with van der Waals surface area (Å²) >= 11 is 12.1. The van der Waals surface area contributed by atoms with Crippen molar-refractivity contribution in [2.75, 3.05) is 18.0 Å². The zero-order chi connectivity index (χ0) is 21.4. The first-order valence-electron chi connectivity index (χ1n) is 9.65. The molecule has 1 aliphatic heterocycles. The van der Waals surface area contributed by atoms with Crippen molar-refractivity contribution in [2.24, 2.45) is 0 Å². The highest BCUT2D eigenvalue weighted by molar-refractivity contribution is 7.85. The zero-order valence-electron chi connectivity index (χ0n) is 16.7. The molecule has 0 amide bonds. The number of para-hydroxylation sites is 1. The lowest BCUT2D eigenvalue weighted by Crippen LogP contribution is -2.32.